The highest BCUT2D eigenvalue weighted by Gasteiger charge is 2.10. The molecule has 0 atom stereocenters. The van der Waals surface area contributed by atoms with E-state index in [9.17, 15) is 4.79 Å². The Morgan fingerprint density at radius 1 is 1.44 bits per heavy atom. The first-order valence-electron chi connectivity index (χ1n) is 6.59. The van der Waals surface area contributed by atoms with Crippen LogP contribution in [0.4, 0.5) is 0 Å². The molecular weight excluding hydrogens is 230 g/mol. The van der Waals surface area contributed by atoms with E-state index in [0.717, 1.165) is 38.1 Å². The van der Waals surface area contributed by atoms with E-state index >= 15 is 0 Å². The lowest BCUT2D eigenvalue weighted by atomic mass is 10.2. The number of nitrogens with one attached hydrogen (secondary N) is 1. The molecule has 0 radical (unpaired) electrons. The van der Waals surface area contributed by atoms with Crippen LogP contribution in [-0.4, -0.2) is 42.6 Å². The molecule has 5 nitrogen and oxygen atoms in total. The molecule has 1 aromatic heterocycles. The van der Waals surface area contributed by atoms with Crippen LogP contribution in [0.25, 0.3) is 0 Å². The highest BCUT2D eigenvalue weighted by atomic mass is 16.5. The number of rotatable bonds is 8. The first kappa shape index (κ1) is 14.7. The number of hydrogen-bond donors (Lipinski definition) is 1. The summed E-state index contributed by atoms with van der Waals surface area (Å²) in [6.07, 6.45) is 2.82. The van der Waals surface area contributed by atoms with Gasteiger partial charge in [-0.25, -0.2) is 0 Å². The Balaban J connectivity index is 2.17. The fraction of sp³-hybridized carbons (Fsp3) is 0.692. The monoisotopic (exact) mass is 253 g/mol. The van der Waals surface area contributed by atoms with Gasteiger partial charge in [0, 0.05) is 19.0 Å². The van der Waals surface area contributed by atoms with E-state index < -0.39 is 0 Å². The van der Waals surface area contributed by atoms with Gasteiger partial charge in [-0.15, -0.1) is 0 Å². The third-order valence-electron chi connectivity index (χ3n) is 2.93. The minimum Gasteiger partial charge on any atom is -0.361 e. The molecule has 1 rings (SSSR count). The van der Waals surface area contributed by atoms with Crippen LogP contribution in [0.5, 0.6) is 0 Å². The Bertz CT molecular complexity index is 363. The number of hydrogen-bond acceptors (Lipinski definition) is 4. The number of nitrogens with zero attached hydrogens (tertiary/aromatic N) is 2. The molecule has 5 heteroatoms. The van der Waals surface area contributed by atoms with Crippen molar-refractivity contribution in [3.05, 3.63) is 17.5 Å². The number of aryl methyl sites for hydroxylation is 1. The molecule has 1 heterocycles. The molecule has 0 fully saturated rings. The van der Waals surface area contributed by atoms with Crippen LogP contribution in [0.15, 0.2) is 10.6 Å². The lowest BCUT2D eigenvalue weighted by molar-refractivity contribution is 0.0943. The number of carbonyl (C=O) groups is 1. The lowest BCUT2D eigenvalue weighted by Gasteiger charge is -2.12. The van der Waals surface area contributed by atoms with Gasteiger partial charge >= 0.3 is 0 Å². The molecule has 1 amide bonds. The number of unbranched alkanes of at least 4 members (excludes halogenated alkanes) is 1. The normalized spacial score (nSPS) is 10.9. The maximum Gasteiger partial charge on any atom is 0.273 e. The number of aromatic nitrogens is 1. The summed E-state index contributed by atoms with van der Waals surface area (Å²) in [6.45, 7) is 6.91. The van der Waals surface area contributed by atoms with Gasteiger partial charge in [0.1, 0.15) is 5.76 Å². The number of carbonyl (C=O) groups excluding carboxylic acids is 1. The van der Waals surface area contributed by atoms with E-state index in [1.54, 1.807) is 6.07 Å². The molecule has 0 spiro atoms. The zero-order valence-corrected chi connectivity index (χ0v) is 11.5. The Hall–Kier alpha value is -1.36. The predicted octanol–water partition coefficient (Wildman–Crippen LogP) is 1.70. The van der Waals surface area contributed by atoms with Crippen molar-refractivity contribution in [3.63, 3.8) is 0 Å². The van der Waals surface area contributed by atoms with Crippen molar-refractivity contribution in [2.45, 2.75) is 33.1 Å². The standard InChI is InChI=1S/C13H23N3O2/c1-4-11-10-12(15-18-11)13(17)14-8-6-7-9-16(3)5-2/h10H,4-9H2,1-3H3,(H,14,17). The van der Waals surface area contributed by atoms with Crippen LogP contribution >= 0.6 is 0 Å². The zero-order valence-electron chi connectivity index (χ0n) is 11.5. The van der Waals surface area contributed by atoms with Gasteiger partial charge < -0.3 is 14.7 Å². The fourth-order valence-corrected chi connectivity index (χ4v) is 1.54. The van der Waals surface area contributed by atoms with Crippen LogP contribution in [-0.2, 0) is 6.42 Å². The van der Waals surface area contributed by atoms with E-state index in [0.29, 0.717) is 12.2 Å². The zero-order chi connectivity index (χ0) is 13.4. The van der Waals surface area contributed by atoms with Gasteiger partial charge in [0.15, 0.2) is 5.69 Å². The quantitative estimate of drug-likeness (QED) is 0.716. The fourth-order valence-electron chi connectivity index (χ4n) is 1.54. The molecule has 18 heavy (non-hydrogen) atoms. The molecule has 1 aromatic rings. The van der Waals surface area contributed by atoms with Crippen molar-refractivity contribution in [2.75, 3.05) is 26.7 Å². The van der Waals surface area contributed by atoms with Crippen LogP contribution in [0.1, 0.15) is 42.9 Å². The summed E-state index contributed by atoms with van der Waals surface area (Å²) in [6, 6.07) is 1.69. The van der Waals surface area contributed by atoms with E-state index in [-0.39, 0.29) is 5.91 Å². The minimum absolute atomic E-state index is 0.151. The van der Waals surface area contributed by atoms with Gasteiger partial charge in [0.05, 0.1) is 0 Å². The van der Waals surface area contributed by atoms with Gasteiger partial charge in [0.2, 0.25) is 0 Å². The second-order valence-corrected chi connectivity index (χ2v) is 4.39. The van der Waals surface area contributed by atoms with Crippen molar-refractivity contribution in [1.29, 1.82) is 0 Å². The molecule has 0 saturated heterocycles. The van der Waals surface area contributed by atoms with Crippen molar-refractivity contribution in [3.8, 4) is 0 Å². The van der Waals surface area contributed by atoms with E-state index in [4.69, 9.17) is 4.52 Å². The van der Waals surface area contributed by atoms with E-state index in [1.807, 2.05) is 6.92 Å². The first-order chi connectivity index (χ1) is 8.67. The Morgan fingerprint density at radius 3 is 2.83 bits per heavy atom. The first-order valence-corrected chi connectivity index (χ1v) is 6.59. The summed E-state index contributed by atoms with van der Waals surface area (Å²) in [5.74, 6) is 0.590. The molecule has 1 N–H and O–H groups in total. The average Bonchev–Trinajstić information content (AvgIpc) is 2.86. The smallest absolute Gasteiger partial charge is 0.273 e. The van der Waals surface area contributed by atoms with Crippen molar-refractivity contribution >= 4 is 5.91 Å². The summed E-state index contributed by atoms with van der Waals surface area (Å²) in [5.41, 5.74) is 0.373. The number of amides is 1. The van der Waals surface area contributed by atoms with Gasteiger partial charge in [-0.2, -0.15) is 0 Å². The second-order valence-electron chi connectivity index (χ2n) is 4.39. The van der Waals surface area contributed by atoms with Gasteiger partial charge in [-0.3, -0.25) is 4.79 Å². The molecular formula is C13H23N3O2. The lowest BCUT2D eigenvalue weighted by Crippen LogP contribution is -2.26. The highest BCUT2D eigenvalue weighted by Crippen LogP contribution is 2.03. The summed E-state index contributed by atoms with van der Waals surface area (Å²) >= 11 is 0. The van der Waals surface area contributed by atoms with Crippen LogP contribution < -0.4 is 5.32 Å². The largest absolute Gasteiger partial charge is 0.361 e. The molecule has 0 bridgehead atoms. The molecule has 0 aliphatic rings. The van der Waals surface area contributed by atoms with Crippen LogP contribution in [0, 0.1) is 0 Å². The van der Waals surface area contributed by atoms with E-state index in [2.05, 4.69) is 29.3 Å². The summed E-state index contributed by atoms with van der Waals surface area (Å²) in [4.78, 5) is 13.9. The maximum atomic E-state index is 11.7. The second kappa shape index (κ2) is 7.87. The van der Waals surface area contributed by atoms with Crippen molar-refractivity contribution in [1.82, 2.24) is 15.4 Å². The highest BCUT2D eigenvalue weighted by molar-refractivity contribution is 5.92. The molecule has 0 aliphatic carbocycles. The molecule has 0 saturated carbocycles. The molecule has 0 aromatic carbocycles. The molecule has 102 valence electrons. The minimum atomic E-state index is -0.151. The predicted molar refractivity (Wildman–Crippen MR) is 70.6 cm³/mol. The summed E-state index contributed by atoms with van der Waals surface area (Å²) in [5, 5.41) is 6.58. The van der Waals surface area contributed by atoms with E-state index in [1.165, 1.54) is 0 Å². The van der Waals surface area contributed by atoms with Crippen LogP contribution in [0.2, 0.25) is 0 Å². The third kappa shape index (κ3) is 4.87. The van der Waals surface area contributed by atoms with Crippen molar-refractivity contribution < 1.29 is 9.32 Å². The Labute approximate surface area is 109 Å². The summed E-state index contributed by atoms with van der Waals surface area (Å²) < 4.78 is 4.99. The van der Waals surface area contributed by atoms with Crippen molar-refractivity contribution in [2.24, 2.45) is 0 Å². The van der Waals surface area contributed by atoms with Gasteiger partial charge in [-0.1, -0.05) is 19.0 Å². The third-order valence-corrected chi connectivity index (χ3v) is 2.93. The SMILES string of the molecule is CCc1cc(C(=O)NCCCCN(C)CC)no1. The van der Waals surface area contributed by atoms with Crippen LogP contribution in [0.3, 0.4) is 0 Å². The maximum absolute atomic E-state index is 11.7. The van der Waals surface area contributed by atoms with Gasteiger partial charge in [0.25, 0.3) is 5.91 Å². The van der Waals surface area contributed by atoms with Gasteiger partial charge in [-0.05, 0) is 33.0 Å². The topological polar surface area (TPSA) is 58.4 Å². The Morgan fingerprint density at radius 2 is 2.22 bits per heavy atom. The molecule has 0 aliphatic heterocycles. The average molecular weight is 253 g/mol. The Kier molecular flexibility index (Phi) is 6.43. The summed E-state index contributed by atoms with van der Waals surface area (Å²) in [7, 11) is 2.10. The molecule has 0 unspecified atom stereocenters.